The number of non-ortho nitro benzene ring substituents is 1. The predicted octanol–water partition coefficient (Wildman–Crippen LogP) is 4.35. The number of nitro groups is 1. The summed E-state index contributed by atoms with van der Waals surface area (Å²) in [6, 6.07) is 10.4. The fourth-order valence-corrected chi connectivity index (χ4v) is 4.53. The van der Waals surface area contributed by atoms with Crippen LogP contribution in [0.3, 0.4) is 0 Å². The molecule has 4 rings (SSSR count). The number of hydrogen-bond donors (Lipinski definition) is 0. The van der Waals surface area contributed by atoms with Gasteiger partial charge in [-0.2, -0.15) is 0 Å². The molecule has 3 aromatic rings. The number of nitro benzene ring substituents is 1. The minimum absolute atomic E-state index is 0.000811. The van der Waals surface area contributed by atoms with E-state index in [2.05, 4.69) is 20.8 Å². The van der Waals surface area contributed by atoms with Gasteiger partial charge in [-0.25, -0.2) is 0 Å². The Morgan fingerprint density at radius 1 is 1.16 bits per heavy atom. The van der Waals surface area contributed by atoms with Crippen LogP contribution in [-0.2, 0) is 0 Å². The average molecular weight is 500 g/mol. The lowest BCUT2D eigenvalue weighted by atomic mass is 9.98. The van der Waals surface area contributed by atoms with Gasteiger partial charge in [0.2, 0.25) is 5.76 Å². The number of likely N-dealkylation sites (N-methyl/N-ethyl adjacent to an activating group) is 1. The Kier molecular flexibility index (Phi) is 6.12. The minimum atomic E-state index is -0.757. The third-order valence-corrected chi connectivity index (χ3v) is 6.37. The van der Waals surface area contributed by atoms with E-state index in [0.29, 0.717) is 34.1 Å². The van der Waals surface area contributed by atoms with E-state index < -0.39 is 11.0 Å². The number of fused-ring (bicyclic) bond motifs is 2. The molecule has 1 amide bonds. The van der Waals surface area contributed by atoms with E-state index in [-0.39, 0.29) is 28.3 Å². The zero-order valence-electron chi connectivity index (χ0n) is 17.7. The molecule has 0 aliphatic carbocycles. The molecule has 2 aromatic carbocycles. The Morgan fingerprint density at radius 3 is 2.59 bits per heavy atom. The summed E-state index contributed by atoms with van der Waals surface area (Å²) in [7, 11) is 0. The number of rotatable bonds is 7. The van der Waals surface area contributed by atoms with E-state index in [1.54, 1.807) is 35.2 Å². The van der Waals surface area contributed by atoms with Gasteiger partial charge in [0.05, 0.1) is 21.9 Å². The molecule has 9 heteroatoms. The second-order valence-corrected chi connectivity index (χ2v) is 8.51. The first-order valence-electron chi connectivity index (χ1n) is 10.4. The molecule has 1 aromatic heterocycles. The zero-order chi connectivity index (χ0) is 23.0. The van der Waals surface area contributed by atoms with Crippen molar-refractivity contribution >= 4 is 38.5 Å². The van der Waals surface area contributed by atoms with Crippen molar-refractivity contribution in [2.75, 3.05) is 26.2 Å². The minimum Gasteiger partial charge on any atom is -0.450 e. The molecule has 166 valence electrons. The van der Waals surface area contributed by atoms with E-state index in [1.807, 2.05) is 13.8 Å². The predicted molar refractivity (Wildman–Crippen MR) is 124 cm³/mol. The van der Waals surface area contributed by atoms with Gasteiger partial charge in [0.15, 0.2) is 5.43 Å². The van der Waals surface area contributed by atoms with Crippen LogP contribution in [0.2, 0.25) is 0 Å². The molecule has 1 aliphatic heterocycles. The van der Waals surface area contributed by atoms with Crippen LogP contribution in [0.25, 0.3) is 11.0 Å². The van der Waals surface area contributed by atoms with E-state index in [1.165, 1.54) is 12.1 Å². The van der Waals surface area contributed by atoms with Crippen LogP contribution in [-0.4, -0.2) is 46.8 Å². The number of carbonyl (C=O) groups is 1. The molecule has 8 nitrogen and oxygen atoms in total. The Hall–Kier alpha value is -3.04. The van der Waals surface area contributed by atoms with Gasteiger partial charge in [0.25, 0.3) is 11.6 Å². The second kappa shape index (κ2) is 8.84. The second-order valence-electron chi connectivity index (χ2n) is 7.59. The van der Waals surface area contributed by atoms with Crippen molar-refractivity contribution < 1.29 is 14.1 Å². The average Bonchev–Trinajstić information content (AvgIpc) is 3.07. The molecule has 0 fully saturated rings. The molecule has 0 saturated carbocycles. The van der Waals surface area contributed by atoms with E-state index in [0.717, 1.165) is 13.1 Å². The van der Waals surface area contributed by atoms with Crippen molar-refractivity contribution in [3.63, 3.8) is 0 Å². The monoisotopic (exact) mass is 499 g/mol. The summed E-state index contributed by atoms with van der Waals surface area (Å²) >= 11 is 3.37. The quantitative estimate of drug-likeness (QED) is 0.354. The summed E-state index contributed by atoms with van der Waals surface area (Å²) in [4.78, 5) is 41.5. The Morgan fingerprint density at radius 2 is 1.91 bits per heavy atom. The van der Waals surface area contributed by atoms with Gasteiger partial charge in [0.1, 0.15) is 5.58 Å². The van der Waals surface area contributed by atoms with Gasteiger partial charge in [-0.05, 0) is 36.9 Å². The molecule has 0 bridgehead atoms. The highest BCUT2D eigenvalue weighted by Gasteiger charge is 2.43. The molecule has 0 spiro atoms. The van der Waals surface area contributed by atoms with Crippen LogP contribution < -0.4 is 5.43 Å². The topological polar surface area (TPSA) is 96.9 Å². The van der Waals surface area contributed by atoms with Crippen molar-refractivity contribution in [2.24, 2.45) is 0 Å². The number of amides is 1. The maximum absolute atomic E-state index is 13.5. The Balaban J connectivity index is 1.90. The maximum atomic E-state index is 13.5. The van der Waals surface area contributed by atoms with E-state index in [9.17, 15) is 19.7 Å². The Labute approximate surface area is 192 Å². The van der Waals surface area contributed by atoms with Gasteiger partial charge in [-0.1, -0.05) is 41.9 Å². The summed E-state index contributed by atoms with van der Waals surface area (Å²) in [5.74, 6) is -0.383. The van der Waals surface area contributed by atoms with Gasteiger partial charge >= 0.3 is 0 Å². The fourth-order valence-electron chi connectivity index (χ4n) is 4.17. The Bertz CT molecular complexity index is 1270. The van der Waals surface area contributed by atoms with Crippen LogP contribution >= 0.6 is 15.9 Å². The maximum Gasteiger partial charge on any atom is 0.290 e. The molecule has 0 N–H and O–H groups in total. The third kappa shape index (κ3) is 3.82. The highest BCUT2D eigenvalue weighted by molar-refractivity contribution is 9.10. The zero-order valence-corrected chi connectivity index (χ0v) is 19.3. The van der Waals surface area contributed by atoms with Crippen LogP contribution in [0.4, 0.5) is 5.69 Å². The number of halogens is 1. The summed E-state index contributed by atoms with van der Waals surface area (Å²) in [6.07, 6.45) is 0. The molecule has 1 atom stereocenters. The van der Waals surface area contributed by atoms with Crippen LogP contribution in [0, 0.1) is 10.1 Å². The SMILES string of the molecule is CCN(CC)CCN1C(=O)c2oc3ccc(Br)cc3c(=O)c2C1c1cccc([N+](=O)[O-])c1. The first kappa shape index (κ1) is 22.2. The molecule has 1 unspecified atom stereocenters. The lowest BCUT2D eigenvalue weighted by Gasteiger charge is -2.28. The summed E-state index contributed by atoms with van der Waals surface area (Å²) in [6.45, 7) is 6.69. The molecular weight excluding hydrogens is 478 g/mol. The standard InChI is InChI=1S/C23H22BrN3O5/c1-3-25(4-2)10-11-26-20(14-6-5-7-16(12-14)27(30)31)19-21(28)17-13-15(24)8-9-18(17)32-22(19)23(26)29/h5-9,12-13,20H,3-4,10-11H2,1-2H3. The van der Waals surface area contributed by atoms with Crippen molar-refractivity contribution in [1.29, 1.82) is 0 Å². The van der Waals surface area contributed by atoms with Gasteiger partial charge in [-0.3, -0.25) is 19.7 Å². The number of benzene rings is 2. The molecule has 32 heavy (non-hydrogen) atoms. The van der Waals surface area contributed by atoms with Crippen molar-refractivity contribution in [3.8, 4) is 0 Å². The largest absolute Gasteiger partial charge is 0.450 e. The van der Waals surface area contributed by atoms with Crippen molar-refractivity contribution in [1.82, 2.24) is 9.80 Å². The molecule has 2 heterocycles. The number of carbonyl (C=O) groups excluding carboxylic acids is 1. The lowest BCUT2D eigenvalue weighted by Crippen LogP contribution is -2.37. The smallest absolute Gasteiger partial charge is 0.290 e. The fraction of sp³-hybridized carbons (Fsp3) is 0.304. The third-order valence-electron chi connectivity index (χ3n) is 5.88. The van der Waals surface area contributed by atoms with E-state index in [4.69, 9.17) is 4.42 Å². The lowest BCUT2D eigenvalue weighted by molar-refractivity contribution is -0.384. The normalized spacial score (nSPS) is 15.6. The number of hydrogen-bond acceptors (Lipinski definition) is 6. The summed E-state index contributed by atoms with van der Waals surface area (Å²) in [5.41, 5.74) is 0.652. The van der Waals surface area contributed by atoms with Crippen LogP contribution in [0.5, 0.6) is 0 Å². The van der Waals surface area contributed by atoms with Crippen molar-refractivity contribution in [3.05, 3.63) is 84.2 Å². The first-order valence-corrected chi connectivity index (χ1v) is 11.2. The number of nitrogens with zero attached hydrogens (tertiary/aromatic N) is 3. The van der Waals surface area contributed by atoms with Gasteiger partial charge in [0, 0.05) is 29.7 Å². The van der Waals surface area contributed by atoms with Crippen molar-refractivity contribution in [2.45, 2.75) is 19.9 Å². The molecule has 0 saturated heterocycles. The summed E-state index contributed by atoms with van der Waals surface area (Å²) in [5, 5.41) is 11.7. The molecule has 0 radical (unpaired) electrons. The van der Waals surface area contributed by atoms with Crippen LogP contribution in [0.1, 0.15) is 41.6 Å². The molecule has 1 aliphatic rings. The van der Waals surface area contributed by atoms with Gasteiger partial charge < -0.3 is 14.2 Å². The summed E-state index contributed by atoms with van der Waals surface area (Å²) < 4.78 is 6.63. The highest BCUT2D eigenvalue weighted by atomic mass is 79.9. The van der Waals surface area contributed by atoms with E-state index >= 15 is 0 Å². The molecular formula is C23H22BrN3O5. The van der Waals surface area contributed by atoms with Crippen LogP contribution in [0.15, 0.2) is 56.1 Å². The van der Waals surface area contributed by atoms with Gasteiger partial charge in [-0.15, -0.1) is 0 Å². The highest BCUT2D eigenvalue weighted by Crippen LogP contribution is 2.39. The first-order chi connectivity index (χ1) is 15.3.